The minimum atomic E-state index is -0.880. The van der Waals surface area contributed by atoms with Gasteiger partial charge in [0.05, 0.1) is 0 Å². The molecule has 2 amide bonds. The highest BCUT2D eigenvalue weighted by atomic mass is 16.6. The van der Waals surface area contributed by atoms with Crippen LogP contribution < -0.4 is 0 Å². The van der Waals surface area contributed by atoms with Crippen molar-refractivity contribution in [3.05, 3.63) is 71.3 Å². The maximum Gasteiger partial charge on any atom is 0.411 e. The quantitative estimate of drug-likeness (QED) is 0.130. The predicted octanol–water partition coefficient (Wildman–Crippen LogP) is 6.16. The summed E-state index contributed by atoms with van der Waals surface area (Å²) in [6.45, 7) is 12.0. The van der Waals surface area contributed by atoms with E-state index in [0.29, 0.717) is 36.9 Å². The van der Waals surface area contributed by atoms with Crippen molar-refractivity contribution in [2.45, 2.75) is 91.0 Å². The number of esters is 2. The van der Waals surface area contributed by atoms with Crippen LogP contribution in [-0.4, -0.2) is 95.1 Å². The van der Waals surface area contributed by atoms with Crippen molar-refractivity contribution in [3.8, 4) is 11.1 Å². The van der Waals surface area contributed by atoms with E-state index < -0.39 is 72.2 Å². The zero-order chi connectivity index (χ0) is 36.8. The van der Waals surface area contributed by atoms with Crippen LogP contribution in [0.1, 0.15) is 88.4 Å². The van der Waals surface area contributed by atoms with E-state index in [1.165, 1.54) is 9.80 Å². The first-order valence-corrected chi connectivity index (χ1v) is 16.7. The Hall–Kier alpha value is -5.00. The fourth-order valence-electron chi connectivity index (χ4n) is 5.56. The maximum atomic E-state index is 12.9. The van der Waals surface area contributed by atoms with Crippen LogP contribution >= 0.6 is 0 Å². The maximum absolute atomic E-state index is 12.9. The van der Waals surface area contributed by atoms with E-state index in [9.17, 15) is 28.8 Å². The summed E-state index contributed by atoms with van der Waals surface area (Å²) in [7, 11) is 0. The predicted molar refractivity (Wildman–Crippen MR) is 184 cm³/mol. The SMILES string of the molecule is CC=C1CC(C(=O)OCC(=O)c2ccc(-c3ccc(C(=O)COC(=O)C4CCCN4C(=O)OC(C)(C)C)cc3)cc2)N(C(=O)OC(C)(C)C)C1. The van der Waals surface area contributed by atoms with Gasteiger partial charge in [-0.1, -0.05) is 60.2 Å². The van der Waals surface area contributed by atoms with Gasteiger partial charge in [-0.2, -0.15) is 0 Å². The number of benzene rings is 2. The molecule has 0 aliphatic carbocycles. The van der Waals surface area contributed by atoms with Gasteiger partial charge in [0, 0.05) is 30.6 Å². The number of rotatable bonds is 9. The molecule has 2 unspecified atom stereocenters. The smallest absolute Gasteiger partial charge is 0.411 e. The third kappa shape index (κ3) is 10.0. The van der Waals surface area contributed by atoms with Crippen molar-refractivity contribution in [3.63, 3.8) is 0 Å². The molecule has 0 saturated carbocycles. The number of amides is 2. The molecule has 2 aliphatic heterocycles. The van der Waals surface area contributed by atoms with Gasteiger partial charge in [0.2, 0.25) is 0 Å². The monoisotopic (exact) mass is 690 g/mol. The Labute approximate surface area is 292 Å². The fraction of sp³-hybridized carbons (Fsp3) is 0.474. The molecular weight excluding hydrogens is 644 g/mol. The van der Waals surface area contributed by atoms with Gasteiger partial charge in [-0.25, -0.2) is 19.2 Å². The van der Waals surface area contributed by atoms with Crippen LogP contribution in [0.3, 0.4) is 0 Å². The molecule has 0 spiro atoms. The summed E-state index contributed by atoms with van der Waals surface area (Å²) >= 11 is 0. The standard InChI is InChI=1S/C38H46N2O10/c1-8-24-20-30(40(21-24)36(46)50-38(5,6)7)34(44)48-23-32(42)28-17-13-26(14-18-28)25-11-15-27(16-12-25)31(41)22-47-33(43)29-10-9-19-39(29)35(45)49-37(2,3)4/h8,11-18,29-30H,9-10,19-23H2,1-7H3. The van der Waals surface area contributed by atoms with E-state index in [1.54, 1.807) is 90.1 Å². The summed E-state index contributed by atoms with van der Waals surface area (Å²) in [5.74, 6) is -2.12. The lowest BCUT2D eigenvalue weighted by Gasteiger charge is -2.27. The third-order valence-corrected chi connectivity index (χ3v) is 8.10. The van der Waals surface area contributed by atoms with Crippen LogP contribution in [0.4, 0.5) is 9.59 Å². The van der Waals surface area contributed by atoms with Crippen molar-refractivity contribution in [2.24, 2.45) is 0 Å². The zero-order valence-electron chi connectivity index (χ0n) is 29.8. The Bertz CT molecular complexity index is 1630. The van der Waals surface area contributed by atoms with Crippen LogP contribution in [0.15, 0.2) is 60.2 Å². The summed E-state index contributed by atoms with van der Waals surface area (Å²) in [6.07, 6.45) is 2.01. The lowest BCUT2D eigenvalue weighted by Crippen LogP contribution is -2.44. The van der Waals surface area contributed by atoms with Crippen LogP contribution in [0.25, 0.3) is 11.1 Å². The summed E-state index contributed by atoms with van der Waals surface area (Å²) in [5.41, 5.74) is 1.72. The Morgan fingerprint density at radius 1 is 0.680 bits per heavy atom. The molecule has 2 aromatic rings. The fourth-order valence-corrected chi connectivity index (χ4v) is 5.56. The normalized spacial score (nSPS) is 18.5. The van der Waals surface area contributed by atoms with E-state index in [2.05, 4.69) is 0 Å². The van der Waals surface area contributed by atoms with Crippen molar-refractivity contribution in [1.82, 2.24) is 9.80 Å². The van der Waals surface area contributed by atoms with Crippen molar-refractivity contribution < 1.29 is 47.7 Å². The Kier molecular flexibility index (Phi) is 11.9. The zero-order valence-corrected chi connectivity index (χ0v) is 29.8. The van der Waals surface area contributed by atoms with E-state index in [4.69, 9.17) is 18.9 Å². The summed E-state index contributed by atoms with van der Waals surface area (Å²) in [5, 5.41) is 0. The van der Waals surface area contributed by atoms with Crippen molar-refractivity contribution in [1.29, 1.82) is 0 Å². The average Bonchev–Trinajstić information content (AvgIpc) is 3.73. The van der Waals surface area contributed by atoms with Gasteiger partial charge < -0.3 is 18.9 Å². The number of hydrogen-bond acceptors (Lipinski definition) is 10. The van der Waals surface area contributed by atoms with Crippen LogP contribution in [0.2, 0.25) is 0 Å². The van der Waals surface area contributed by atoms with Crippen molar-refractivity contribution in [2.75, 3.05) is 26.3 Å². The molecule has 2 saturated heterocycles. The van der Waals surface area contributed by atoms with Gasteiger partial charge in [0.15, 0.2) is 24.8 Å². The van der Waals surface area contributed by atoms with Crippen LogP contribution in [0.5, 0.6) is 0 Å². The average molecular weight is 691 g/mol. The van der Waals surface area contributed by atoms with E-state index in [-0.39, 0.29) is 6.54 Å². The second-order valence-corrected chi connectivity index (χ2v) is 14.3. The van der Waals surface area contributed by atoms with Gasteiger partial charge >= 0.3 is 24.1 Å². The molecule has 2 heterocycles. The molecular formula is C38H46N2O10. The number of allylic oxidation sites excluding steroid dienone is 1. The van der Waals surface area contributed by atoms with Crippen molar-refractivity contribution >= 4 is 35.7 Å². The highest BCUT2D eigenvalue weighted by molar-refractivity contribution is 6.00. The topological polar surface area (TPSA) is 146 Å². The molecule has 2 atom stereocenters. The van der Waals surface area contributed by atoms with Crippen LogP contribution in [-0.2, 0) is 28.5 Å². The van der Waals surface area contributed by atoms with Crippen LogP contribution in [0, 0.1) is 0 Å². The highest BCUT2D eigenvalue weighted by Gasteiger charge is 2.40. The second kappa shape index (κ2) is 15.7. The van der Waals surface area contributed by atoms with Gasteiger partial charge in [-0.3, -0.25) is 19.4 Å². The first-order chi connectivity index (χ1) is 23.5. The molecule has 0 aromatic heterocycles. The first kappa shape index (κ1) is 37.8. The summed E-state index contributed by atoms with van der Waals surface area (Å²) in [4.78, 5) is 79.2. The molecule has 12 heteroatoms. The molecule has 268 valence electrons. The molecule has 0 bridgehead atoms. The highest BCUT2D eigenvalue weighted by Crippen LogP contribution is 2.27. The molecule has 4 rings (SSSR count). The van der Waals surface area contributed by atoms with E-state index >= 15 is 0 Å². The Morgan fingerprint density at radius 3 is 1.56 bits per heavy atom. The molecule has 0 radical (unpaired) electrons. The second-order valence-electron chi connectivity index (χ2n) is 14.3. The largest absolute Gasteiger partial charge is 0.456 e. The van der Waals surface area contributed by atoms with Gasteiger partial charge in [-0.05, 0) is 72.4 Å². The lowest BCUT2D eigenvalue weighted by atomic mass is 10.0. The molecule has 0 N–H and O–H groups in total. The molecule has 50 heavy (non-hydrogen) atoms. The molecule has 2 aromatic carbocycles. The number of carbonyl (C=O) groups excluding carboxylic acids is 6. The number of ether oxygens (including phenoxy) is 4. The molecule has 2 fully saturated rings. The molecule has 2 aliphatic rings. The minimum absolute atomic E-state index is 0.250. The number of likely N-dealkylation sites (tertiary alicyclic amines) is 2. The minimum Gasteiger partial charge on any atom is -0.456 e. The lowest BCUT2D eigenvalue weighted by molar-refractivity contribution is -0.148. The first-order valence-electron chi connectivity index (χ1n) is 16.7. The van der Waals surface area contributed by atoms with E-state index in [1.807, 2.05) is 13.0 Å². The third-order valence-electron chi connectivity index (χ3n) is 8.10. The number of ketones is 2. The number of carbonyl (C=O) groups is 6. The van der Waals surface area contributed by atoms with Gasteiger partial charge in [0.1, 0.15) is 23.3 Å². The summed E-state index contributed by atoms with van der Waals surface area (Å²) < 4.78 is 21.5. The van der Waals surface area contributed by atoms with E-state index in [0.717, 1.165) is 16.7 Å². The Balaban J connectivity index is 1.28. The van der Waals surface area contributed by atoms with Gasteiger partial charge in [0.25, 0.3) is 0 Å². The summed E-state index contributed by atoms with van der Waals surface area (Å²) in [6, 6.07) is 11.8. The number of Topliss-reactive ketones (excluding diaryl/α,β-unsaturated/α-hetero) is 2. The number of hydrogen-bond donors (Lipinski definition) is 0. The Morgan fingerprint density at radius 2 is 1.12 bits per heavy atom. The van der Waals surface area contributed by atoms with Gasteiger partial charge in [-0.15, -0.1) is 0 Å². The number of nitrogens with zero attached hydrogens (tertiary/aromatic N) is 2. The molecule has 12 nitrogen and oxygen atoms in total.